The number of alkyl halides is 1. The van der Waals surface area contributed by atoms with Crippen molar-refractivity contribution >= 4 is 27.7 Å². The topological polar surface area (TPSA) is 78.2 Å². The van der Waals surface area contributed by atoms with Crippen LogP contribution in [0.2, 0.25) is 0 Å². The molecule has 1 unspecified atom stereocenters. The lowest BCUT2D eigenvalue weighted by Gasteiger charge is -2.09. The number of benzene rings is 1. The predicted molar refractivity (Wildman–Crippen MR) is 69.8 cm³/mol. The van der Waals surface area contributed by atoms with E-state index in [9.17, 15) is 9.59 Å². The van der Waals surface area contributed by atoms with Crippen LogP contribution in [0.3, 0.4) is 0 Å². The maximum Gasteiger partial charge on any atom is 0.307 e. The molecule has 0 saturated carbocycles. The molecule has 0 aromatic heterocycles. The minimum Gasteiger partial charge on any atom is -0.481 e. The summed E-state index contributed by atoms with van der Waals surface area (Å²) in [4.78, 5) is 22.2. The van der Waals surface area contributed by atoms with E-state index in [1.165, 1.54) is 0 Å². The number of carbonyl (C=O) groups is 2. The van der Waals surface area contributed by atoms with E-state index >= 15 is 0 Å². The number of nitrogens with zero attached hydrogens (tertiary/aromatic N) is 1. The van der Waals surface area contributed by atoms with Crippen molar-refractivity contribution < 1.29 is 14.7 Å². The molecule has 0 saturated heterocycles. The molecular weight excluding hydrogens is 298 g/mol. The molecule has 0 aliphatic heterocycles. The van der Waals surface area contributed by atoms with E-state index in [1.54, 1.807) is 25.1 Å². The van der Waals surface area contributed by atoms with Crippen molar-refractivity contribution in [3.05, 3.63) is 34.9 Å². The minimum absolute atomic E-state index is 0.0915. The Hall–Kier alpha value is -1.67. The maximum atomic E-state index is 11.9. The van der Waals surface area contributed by atoms with Crippen LogP contribution in [0.1, 0.15) is 28.4 Å². The first kappa shape index (κ1) is 14.4. The summed E-state index contributed by atoms with van der Waals surface area (Å²) >= 11 is 3.19. The molecule has 0 fully saturated rings. The summed E-state index contributed by atoms with van der Waals surface area (Å²) in [7, 11) is 0. The van der Waals surface area contributed by atoms with Gasteiger partial charge in [-0.3, -0.25) is 9.59 Å². The van der Waals surface area contributed by atoms with Crippen molar-refractivity contribution in [1.29, 1.82) is 5.26 Å². The fraction of sp³-hybridized carbons (Fsp3) is 0.308. The van der Waals surface area contributed by atoms with Gasteiger partial charge in [0, 0.05) is 5.56 Å². The Morgan fingerprint density at radius 3 is 2.67 bits per heavy atom. The van der Waals surface area contributed by atoms with Gasteiger partial charge < -0.3 is 5.11 Å². The molecular formula is C13H12BrNO3. The van der Waals surface area contributed by atoms with Gasteiger partial charge in [-0.05, 0) is 18.1 Å². The Bertz CT molecular complexity index is 517. The lowest BCUT2D eigenvalue weighted by atomic mass is 9.96. The molecule has 0 radical (unpaired) electrons. The van der Waals surface area contributed by atoms with Gasteiger partial charge in [-0.2, -0.15) is 5.26 Å². The first-order chi connectivity index (χ1) is 8.45. The average molecular weight is 310 g/mol. The van der Waals surface area contributed by atoms with Gasteiger partial charge in [0.05, 0.1) is 23.7 Å². The van der Waals surface area contributed by atoms with E-state index in [2.05, 4.69) is 15.9 Å². The van der Waals surface area contributed by atoms with Crippen LogP contribution < -0.4 is 0 Å². The first-order valence-corrected chi connectivity index (χ1v) is 6.26. The van der Waals surface area contributed by atoms with Gasteiger partial charge in [0.2, 0.25) is 0 Å². The van der Waals surface area contributed by atoms with Crippen LogP contribution in [0, 0.1) is 11.3 Å². The van der Waals surface area contributed by atoms with E-state index < -0.39 is 5.97 Å². The summed E-state index contributed by atoms with van der Waals surface area (Å²) in [5.41, 5.74) is 1.63. The zero-order valence-electron chi connectivity index (χ0n) is 9.81. The van der Waals surface area contributed by atoms with Gasteiger partial charge in [0.1, 0.15) is 0 Å². The van der Waals surface area contributed by atoms with Crippen LogP contribution in [0.4, 0.5) is 0 Å². The number of rotatable bonds is 5. The Morgan fingerprint density at radius 1 is 1.50 bits per heavy atom. The quantitative estimate of drug-likeness (QED) is 0.669. The lowest BCUT2D eigenvalue weighted by Crippen LogP contribution is -2.13. The number of carboxylic acids is 1. The van der Waals surface area contributed by atoms with Crippen molar-refractivity contribution in [3.8, 4) is 6.07 Å². The highest BCUT2D eigenvalue weighted by atomic mass is 79.9. The minimum atomic E-state index is -0.939. The molecule has 0 spiro atoms. The molecule has 18 heavy (non-hydrogen) atoms. The van der Waals surface area contributed by atoms with Crippen LogP contribution in [0.25, 0.3) is 0 Å². The third-order valence-corrected chi connectivity index (χ3v) is 2.84. The second kappa shape index (κ2) is 6.31. The van der Waals surface area contributed by atoms with Gasteiger partial charge in [0.25, 0.3) is 0 Å². The van der Waals surface area contributed by atoms with Crippen molar-refractivity contribution in [2.24, 2.45) is 0 Å². The molecule has 0 aliphatic rings. The highest BCUT2D eigenvalue weighted by molar-refractivity contribution is 9.10. The molecule has 1 N–H and O–H groups in total. The third-order valence-electron chi connectivity index (χ3n) is 2.42. The standard InChI is InChI=1S/C13H12BrNO3/c1-8(14)13(18)11-3-2-9(7-12(16)17)6-10(11)4-5-15/h2-3,6,8H,4,7H2,1H3,(H,16,17). The summed E-state index contributed by atoms with van der Waals surface area (Å²) in [5.74, 6) is -1.05. The number of nitriles is 1. The highest BCUT2D eigenvalue weighted by Crippen LogP contribution is 2.18. The summed E-state index contributed by atoms with van der Waals surface area (Å²) < 4.78 is 0. The van der Waals surface area contributed by atoms with Crippen molar-refractivity contribution in [1.82, 2.24) is 0 Å². The molecule has 94 valence electrons. The fourth-order valence-corrected chi connectivity index (χ4v) is 1.86. The van der Waals surface area contributed by atoms with Crippen molar-refractivity contribution in [2.45, 2.75) is 24.6 Å². The Kier molecular flexibility index (Phi) is 5.05. The van der Waals surface area contributed by atoms with Crippen LogP contribution in [-0.4, -0.2) is 21.7 Å². The van der Waals surface area contributed by atoms with Gasteiger partial charge in [-0.15, -0.1) is 0 Å². The molecule has 4 nitrogen and oxygen atoms in total. The molecule has 1 atom stereocenters. The van der Waals surface area contributed by atoms with E-state index in [4.69, 9.17) is 10.4 Å². The maximum absolute atomic E-state index is 11.9. The van der Waals surface area contributed by atoms with Crippen molar-refractivity contribution in [3.63, 3.8) is 0 Å². The largest absolute Gasteiger partial charge is 0.481 e. The van der Waals surface area contributed by atoms with Gasteiger partial charge in [0.15, 0.2) is 5.78 Å². The second-order valence-electron chi connectivity index (χ2n) is 3.88. The second-order valence-corrected chi connectivity index (χ2v) is 5.25. The first-order valence-electron chi connectivity index (χ1n) is 5.34. The van der Waals surface area contributed by atoms with E-state index in [1.807, 2.05) is 6.07 Å². The number of halogens is 1. The molecule has 1 aromatic carbocycles. The monoisotopic (exact) mass is 309 g/mol. The summed E-state index contributed by atoms with van der Waals surface area (Å²) in [5, 5.41) is 17.5. The highest BCUT2D eigenvalue weighted by Gasteiger charge is 2.16. The molecule has 0 amide bonds. The SMILES string of the molecule is CC(Br)C(=O)c1ccc(CC(=O)O)cc1CC#N. The Morgan fingerprint density at radius 2 is 2.17 bits per heavy atom. The number of carbonyl (C=O) groups excluding carboxylic acids is 1. The summed E-state index contributed by atoms with van der Waals surface area (Å²) in [6, 6.07) is 6.79. The third kappa shape index (κ3) is 3.67. The number of carboxylic acid groups (broad SMARTS) is 1. The zero-order valence-corrected chi connectivity index (χ0v) is 11.4. The smallest absolute Gasteiger partial charge is 0.307 e. The number of hydrogen-bond donors (Lipinski definition) is 1. The number of ketones is 1. The number of aliphatic carboxylic acids is 1. The molecule has 5 heteroatoms. The normalized spacial score (nSPS) is 11.6. The van der Waals surface area contributed by atoms with Crippen LogP contribution >= 0.6 is 15.9 Å². The van der Waals surface area contributed by atoms with Crippen LogP contribution in [0.5, 0.6) is 0 Å². The number of Topliss-reactive ketones (excluding diaryl/α,β-unsaturated/α-hetero) is 1. The van der Waals surface area contributed by atoms with E-state index in [0.717, 1.165) is 0 Å². The Labute approximate surface area is 113 Å². The van der Waals surface area contributed by atoms with Gasteiger partial charge >= 0.3 is 5.97 Å². The Balaban J connectivity index is 3.16. The average Bonchev–Trinajstić information content (AvgIpc) is 2.28. The van der Waals surface area contributed by atoms with Crippen LogP contribution in [0.15, 0.2) is 18.2 Å². The van der Waals surface area contributed by atoms with Crippen LogP contribution in [-0.2, 0) is 17.6 Å². The lowest BCUT2D eigenvalue weighted by molar-refractivity contribution is -0.136. The summed E-state index contributed by atoms with van der Waals surface area (Å²) in [6.45, 7) is 1.71. The fourth-order valence-electron chi connectivity index (χ4n) is 1.62. The zero-order chi connectivity index (χ0) is 13.7. The molecule has 1 aromatic rings. The van der Waals surface area contributed by atoms with Gasteiger partial charge in [-0.25, -0.2) is 0 Å². The molecule has 0 bridgehead atoms. The predicted octanol–water partition coefficient (Wildman–Crippen LogP) is 2.35. The molecule has 0 heterocycles. The van der Waals surface area contributed by atoms with E-state index in [-0.39, 0.29) is 23.5 Å². The molecule has 1 rings (SSSR count). The van der Waals surface area contributed by atoms with Gasteiger partial charge in [-0.1, -0.05) is 34.1 Å². The summed E-state index contributed by atoms with van der Waals surface area (Å²) in [6.07, 6.45) is -0.0228. The van der Waals surface area contributed by atoms with E-state index in [0.29, 0.717) is 16.7 Å². The van der Waals surface area contributed by atoms with Crippen molar-refractivity contribution in [2.75, 3.05) is 0 Å². The molecule has 0 aliphatic carbocycles. The number of hydrogen-bond acceptors (Lipinski definition) is 3.